The lowest BCUT2D eigenvalue weighted by atomic mass is 10.1. The molecule has 0 bridgehead atoms. The predicted molar refractivity (Wildman–Crippen MR) is 68.6 cm³/mol. The molecular formula is C14H27NO. The van der Waals surface area contributed by atoms with E-state index in [1.54, 1.807) is 0 Å². The summed E-state index contributed by atoms with van der Waals surface area (Å²) in [5.74, 6) is 1.14. The number of carbonyl (C=O) groups is 1. The van der Waals surface area contributed by atoms with Crippen LogP contribution < -0.4 is 0 Å². The molecule has 0 atom stereocenters. The Morgan fingerprint density at radius 3 is 2.44 bits per heavy atom. The number of carbonyl (C=O) groups excluding carboxylic acids is 1. The minimum Gasteiger partial charge on any atom is -0.298 e. The van der Waals surface area contributed by atoms with Crippen LogP contribution in [0.5, 0.6) is 0 Å². The molecule has 0 unspecified atom stereocenters. The molecule has 0 aromatic heterocycles. The van der Waals surface area contributed by atoms with Crippen molar-refractivity contribution in [3.63, 3.8) is 0 Å². The highest BCUT2D eigenvalue weighted by atomic mass is 16.1. The Labute approximate surface area is 100 Å². The van der Waals surface area contributed by atoms with Crippen LogP contribution in [0.3, 0.4) is 0 Å². The number of ketones is 1. The summed E-state index contributed by atoms with van der Waals surface area (Å²) in [5, 5.41) is 0. The molecule has 0 amide bonds. The Morgan fingerprint density at radius 1 is 1.31 bits per heavy atom. The quantitative estimate of drug-likeness (QED) is 0.663. The zero-order chi connectivity index (χ0) is 12.0. The van der Waals surface area contributed by atoms with Gasteiger partial charge in [0, 0.05) is 12.5 Å². The lowest BCUT2D eigenvalue weighted by molar-refractivity contribution is -0.120. The largest absolute Gasteiger partial charge is 0.298 e. The second kappa shape index (κ2) is 7.05. The van der Waals surface area contributed by atoms with E-state index in [2.05, 4.69) is 18.7 Å². The maximum atomic E-state index is 11.6. The number of rotatable bonds is 7. The van der Waals surface area contributed by atoms with Crippen LogP contribution in [0.1, 0.15) is 59.3 Å². The fourth-order valence-electron chi connectivity index (χ4n) is 2.42. The summed E-state index contributed by atoms with van der Waals surface area (Å²) in [6.45, 7) is 8.28. The highest BCUT2D eigenvalue weighted by Gasteiger charge is 2.23. The van der Waals surface area contributed by atoms with Crippen LogP contribution in [-0.2, 0) is 4.79 Å². The standard InChI is InChI=1S/C14H27NO/c1-4-14(16)11-15(10-9-12(2)3)13-7-5-6-8-13/h12-13H,4-11H2,1-3H3. The Bertz CT molecular complexity index is 207. The van der Waals surface area contributed by atoms with E-state index in [1.165, 1.54) is 32.1 Å². The van der Waals surface area contributed by atoms with Gasteiger partial charge in [0.05, 0.1) is 6.54 Å². The zero-order valence-electron chi connectivity index (χ0n) is 11.2. The molecule has 0 spiro atoms. The van der Waals surface area contributed by atoms with E-state index in [4.69, 9.17) is 0 Å². The van der Waals surface area contributed by atoms with Gasteiger partial charge in [0.25, 0.3) is 0 Å². The van der Waals surface area contributed by atoms with Crippen molar-refractivity contribution < 1.29 is 4.79 Å². The van der Waals surface area contributed by atoms with Gasteiger partial charge in [-0.3, -0.25) is 9.69 Å². The van der Waals surface area contributed by atoms with Gasteiger partial charge < -0.3 is 0 Å². The number of hydrogen-bond donors (Lipinski definition) is 0. The average molecular weight is 225 g/mol. The molecule has 0 saturated heterocycles. The van der Waals surface area contributed by atoms with Crippen LogP contribution in [0.25, 0.3) is 0 Å². The SMILES string of the molecule is CCC(=O)CN(CCC(C)C)C1CCCC1. The second-order valence-electron chi connectivity index (χ2n) is 5.48. The number of Topliss-reactive ketones (excluding diaryl/α,β-unsaturated/α-hetero) is 1. The van der Waals surface area contributed by atoms with Crippen molar-refractivity contribution in [3.05, 3.63) is 0 Å². The Balaban J connectivity index is 2.43. The Hall–Kier alpha value is -0.370. The first kappa shape index (κ1) is 13.7. The fraction of sp³-hybridized carbons (Fsp3) is 0.929. The van der Waals surface area contributed by atoms with Gasteiger partial charge in [0.1, 0.15) is 5.78 Å². The molecule has 16 heavy (non-hydrogen) atoms. The van der Waals surface area contributed by atoms with E-state index < -0.39 is 0 Å². The van der Waals surface area contributed by atoms with Crippen LogP contribution in [0.4, 0.5) is 0 Å². The number of nitrogens with zero attached hydrogens (tertiary/aromatic N) is 1. The topological polar surface area (TPSA) is 20.3 Å². The summed E-state index contributed by atoms with van der Waals surface area (Å²) < 4.78 is 0. The summed E-state index contributed by atoms with van der Waals surface area (Å²) in [5.41, 5.74) is 0. The summed E-state index contributed by atoms with van der Waals surface area (Å²) in [7, 11) is 0. The molecular weight excluding hydrogens is 198 g/mol. The highest BCUT2D eigenvalue weighted by Crippen LogP contribution is 2.24. The van der Waals surface area contributed by atoms with Gasteiger partial charge in [-0.25, -0.2) is 0 Å². The smallest absolute Gasteiger partial charge is 0.146 e. The van der Waals surface area contributed by atoms with E-state index >= 15 is 0 Å². The van der Waals surface area contributed by atoms with Gasteiger partial charge in [-0.2, -0.15) is 0 Å². The van der Waals surface area contributed by atoms with Gasteiger partial charge in [-0.05, 0) is 31.7 Å². The zero-order valence-corrected chi connectivity index (χ0v) is 11.2. The van der Waals surface area contributed by atoms with E-state index in [9.17, 15) is 4.79 Å². The molecule has 2 nitrogen and oxygen atoms in total. The van der Waals surface area contributed by atoms with E-state index in [1.807, 2.05) is 6.92 Å². The maximum absolute atomic E-state index is 11.6. The summed E-state index contributed by atoms with van der Waals surface area (Å²) >= 11 is 0. The fourth-order valence-corrected chi connectivity index (χ4v) is 2.42. The molecule has 1 rings (SSSR count). The van der Waals surface area contributed by atoms with Crippen LogP contribution in [0.15, 0.2) is 0 Å². The Kier molecular flexibility index (Phi) is 6.04. The minimum absolute atomic E-state index is 0.399. The third-order valence-corrected chi connectivity index (χ3v) is 3.61. The third kappa shape index (κ3) is 4.65. The first-order chi connectivity index (χ1) is 7.63. The third-order valence-electron chi connectivity index (χ3n) is 3.61. The molecule has 1 fully saturated rings. The van der Waals surface area contributed by atoms with Crippen molar-refractivity contribution in [2.75, 3.05) is 13.1 Å². The van der Waals surface area contributed by atoms with Gasteiger partial charge in [0.2, 0.25) is 0 Å². The van der Waals surface area contributed by atoms with Crippen molar-refractivity contribution in [2.24, 2.45) is 5.92 Å². The lowest BCUT2D eigenvalue weighted by Crippen LogP contribution is -2.38. The van der Waals surface area contributed by atoms with Gasteiger partial charge in [0.15, 0.2) is 0 Å². The van der Waals surface area contributed by atoms with Crippen molar-refractivity contribution in [1.29, 1.82) is 0 Å². The summed E-state index contributed by atoms with van der Waals surface area (Å²) in [4.78, 5) is 14.0. The van der Waals surface area contributed by atoms with Crippen LogP contribution in [0, 0.1) is 5.92 Å². The molecule has 0 aliphatic heterocycles. The first-order valence-corrected chi connectivity index (χ1v) is 6.89. The summed E-state index contributed by atoms with van der Waals surface area (Å²) in [6, 6.07) is 0.689. The Morgan fingerprint density at radius 2 is 1.94 bits per heavy atom. The van der Waals surface area contributed by atoms with Gasteiger partial charge >= 0.3 is 0 Å². The van der Waals surface area contributed by atoms with E-state index in [0.717, 1.165) is 12.5 Å². The normalized spacial score (nSPS) is 17.6. The van der Waals surface area contributed by atoms with Crippen LogP contribution in [-0.4, -0.2) is 29.8 Å². The molecule has 1 saturated carbocycles. The average Bonchev–Trinajstić information content (AvgIpc) is 2.76. The molecule has 0 aromatic carbocycles. The molecule has 0 radical (unpaired) electrons. The van der Waals surface area contributed by atoms with E-state index in [0.29, 0.717) is 24.8 Å². The molecule has 0 heterocycles. The second-order valence-corrected chi connectivity index (χ2v) is 5.48. The van der Waals surface area contributed by atoms with Gasteiger partial charge in [-0.1, -0.05) is 33.6 Å². The van der Waals surface area contributed by atoms with Crippen LogP contribution in [0.2, 0.25) is 0 Å². The molecule has 1 aliphatic carbocycles. The van der Waals surface area contributed by atoms with Crippen molar-refractivity contribution >= 4 is 5.78 Å². The molecule has 0 N–H and O–H groups in total. The van der Waals surface area contributed by atoms with Crippen molar-refractivity contribution in [3.8, 4) is 0 Å². The minimum atomic E-state index is 0.399. The molecule has 2 heteroatoms. The molecule has 0 aromatic rings. The van der Waals surface area contributed by atoms with E-state index in [-0.39, 0.29) is 0 Å². The predicted octanol–water partition coefficient (Wildman–Crippen LogP) is 3.26. The number of hydrogen-bond acceptors (Lipinski definition) is 2. The lowest BCUT2D eigenvalue weighted by Gasteiger charge is -2.28. The van der Waals surface area contributed by atoms with Crippen LogP contribution >= 0.6 is 0 Å². The van der Waals surface area contributed by atoms with Crippen molar-refractivity contribution in [2.45, 2.75) is 65.3 Å². The van der Waals surface area contributed by atoms with Gasteiger partial charge in [-0.15, -0.1) is 0 Å². The highest BCUT2D eigenvalue weighted by molar-refractivity contribution is 5.80. The molecule has 1 aliphatic rings. The molecule has 94 valence electrons. The summed E-state index contributed by atoms with van der Waals surface area (Å²) in [6.07, 6.45) is 7.20. The monoisotopic (exact) mass is 225 g/mol. The van der Waals surface area contributed by atoms with Crippen molar-refractivity contribution in [1.82, 2.24) is 4.90 Å². The first-order valence-electron chi connectivity index (χ1n) is 6.89. The maximum Gasteiger partial charge on any atom is 0.146 e.